The number of alkyl halides is 4. The second-order valence-electron chi connectivity index (χ2n) is 13.5. The van der Waals surface area contributed by atoms with Gasteiger partial charge in [-0.25, -0.2) is 24.9 Å². The molecule has 0 amide bonds. The van der Waals surface area contributed by atoms with Crippen molar-refractivity contribution in [1.82, 2.24) is 55.5 Å². The molecule has 3 N–H and O–H groups in total. The number of fused-ring (bicyclic) bond motifs is 6. The van der Waals surface area contributed by atoms with E-state index in [4.69, 9.17) is 24.9 Å². The number of nitrogens with one attached hydrogen (secondary N) is 3. The average Bonchev–Trinajstić information content (AvgIpc) is 3.94. The fourth-order valence-electron chi connectivity index (χ4n) is 6.48. The molecule has 0 bridgehead atoms. The Morgan fingerprint density at radius 1 is 0.667 bits per heavy atom. The molecule has 0 unspecified atom stereocenters. The molecule has 0 aliphatic carbocycles. The van der Waals surface area contributed by atoms with Crippen molar-refractivity contribution >= 4 is 60.1 Å². The van der Waals surface area contributed by atoms with Gasteiger partial charge in [-0.3, -0.25) is 4.39 Å². The van der Waals surface area contributed by atoms with Crippen molar-refractivity contribution in [2.45, 2.75) is 47.1 Å². The quantitative estimate of drug-likeness (QED) is 0.0837. The van der Waals surface area contributed by atoms with Gasteiger partial charge < -0.3 is 42.9 Å². The molecule has 353 valence electrons. The summed E-state index contributed by atoms with van der Waals surface area (Å²) >= 11 is 0. The summed E-state index contributed by atoms with van der Waals surface area (Å²) in [5.41, 5.74) is 1.42. The van der Waals surface area contributed by atoms with E-state index in [1.807, 2.05) is 59.9 Å². The van der Waals surface area contributed by atoms with Gasteiger partial charge in [0.05, 0.1) is 72.8 Å². The monoisotopic (exact) mass is 1510 g/mol. The van der Waals surface area contributed by atoms with E-state index in [2.05, 4.69) is 54.7 Å². The van der Waals surface area contributed by atoms with Crippen molar-refractivity contribution in [3.05, 3.63) is 46.7 Å². The summed E-state index contributed by atoms with van der Waals surface area (Å²) in [6.45, 7) is 10.5. The standard InChI is InChI=1S/C18H20N6O2.C17H14F3N5O5S.C2H7N.CH3F.7Y/c1-8-13(9(2)26-23-8)11-7-12-15(22-18(11)25-6)14-16(21-12)19-10(3)20-17(14)24(4)5;1-6-11(7(2)29-25-6)9-5-10-13(24-15(9)28-4)12-14(23-10)21-8(3)22-16(12)30-31(26,27)17(18,19)20;1-3-2;1-2;;;;;;;/h7H,1-6H3,(H,19,20,21);5H,1-4H3,(H,21,22,23);3H,1-2H3;1H3;;;;;;;/i;;;1D;;;;;;;. The molecule has 0 saturated carbocycles. The number of aromatic nitrogens is 10. The number of ether oxygens (including phenoxy) is 2. The first-order valence-corrected chi connectivity index (χ1v) is 19.6. The molecule has 0 aliphatic rings. The largest absolute Gasteiger partial charge is 0.534 e. The van der Waals surface area contributed by atoms with Gasteiger partial charge in [-0.1, -0.05) is 10.3 Å². The van der Waals surface area contributed by atoms with Crippen molar-refractivity contribution in [3.8, 4) is 39.9 Å². The topological polar surface area (TPSA) is 238 Å². The van der Waals surface area contributed by atoms with Crippen LogP contribution in [-0.2, 0) is 239 Å². The fraction of sp³-hybridized carbons (Fsp3) is 0.368. The summed E-state index contributed by atoms with van der Waals surface area (Å²) in [5, 5.41) is 11.4. The van der Waals surface area contributed by atoms with Gasteiger partial charge in [0.1, 0.15) is 56.7 Å². The second-order valence-corrected chi connectivity index (χ2v) is 15.1. The predicted molar refractivity (Wildman–Crippen MR) is 223 cm³/mol. The maximum absolute atomic E-state index is 12.8. The molecular weight excluding hydrogens is 1470 g/mol. The minimum atomic E-state index is -5.96. The van der Waals surface area contributed by atoms with E-state index in [1.54, 1.807) is 27.0 Å². The van der Waals surface area contributed by atoms with Crippen LogP contribution in [0, 0.1) is 41.5 Å². The van der Waals surface area contributed by atoms with Gasteiger partial charge in [0.2, 0.25) is 17.6 Å². The molecule has 0 aromatic carbocycles. The first-order valence-electron chi connectivity index (χ1n) is 18.9. The smallest absolute Gasteiger partial charge is 0.481 e. The molecular formula is C38H44F4N12O7SY7. The Morgan fingerprint density at radius 2 is 1.04 bits per heavy atom. The molecule has 8 rings (SSSR count). The van der Waals surface area contributed by atoms with Crippen LogP contribution in [0.25, 0.3) is 66.4 Å². The Bertz CT molecular complexity index is 3030. The Balaban J connectivity index is -0.00000107. The summed E-state index contributed by atoms with van der Waals surface area (Å²) in [6.07, 6.45) is 0. The van der Waals surface area contributed by atoms with Crippen molar-refractivity contribution in [2.24, 2.45) is 0 Å². The van der Waals surface area contributed by atoms with Crippen LogP contribution in [0.5, 0.6) is 17.6 Å². The van der Waals surface area contributed by atoms with Crippen LogP contribution in [0.15, 0.2) is 21.2 Å². The predicted octanol–water partition coefficient (Wildman–Crippen LogP) is 6.89. The molecule has 0 atom stereocenters. The number of nitrogens with zero attached hydrogens (tertiary/aromatic N) is 9. The number of pyridine rings is 2. The van der Waals surface area contributed by atoms with Gasteiger partial charge >= 0.3 is 15.6 Å². The number of aryl methyl sites for hydroxylation is 6. The maximum Gasteiger partial charge on any atom is 0.534 e. The van der Waals surface area contributed by atoms with E-state index in [-0.39, 0.29) is 257 Å². The molecule has 0 saturated heterocycles. The van der Waals surface area contributed by atoms with Crippen molar-refractivity contribution in [3.63, 3.8) is 0 Å². The van der Waals surface area contributed by atoms with Crippen LogP contribution in [-0.4, -0.2) is 114 Å². The number of rotatable bonds is 7. The van der Waals surface area contributed by atoms with Crippen LogP contribution in [0.2, 0.25) is 0 Å². The van der Waals surface area contributed by atoms with E-state index < -0.39 is 28.7 Å². The maximum atomic E-state index is 12.8. The number of anilines is 1. The Kier molecular flexibility index (Phi) is 33.4. The zero-order chi connectivity index (χ0) is 46.7. The first kappa shape index (κ1) is 72.1. The third kappa shape index (κ3) is 16.5. The van der Waals surface area contributed by atoms with Crippen LogP contribution >= 0.6 is 0 Å². The van der Waals surface area contributed by atoms with Crippen molar-refractivity contribution in [2.75, 3.05) is 54.5 Å². The molecule has 8 aromatic rings. The zero-order valence-corrected chi connectivity index (χ0v) is 60.4. The molecule has 0 aliphatic heterocycles. The Hall–Kier alpha value is 1.04. The van der Waals surface area contributed by atoms with Crippen LogP contribution in [0.1, 0.15) is 35.9 Å². The van der Waals surface area contributed by atoms with Crippen molar-refractivity contribution < 1.29 is 279 Å². The van der Waals surface area contributed by atoms with Gasteiger partial charge in [0, 0.05) is 243 Å². The first-order chi connectivity index (χ1) is 29.7. The van der Waals surface area contributed by atoms with E-state index >= 15 is 0 Å². The van der Waals surface area contributed by atoms with E-state index in [0.717, 1.165) is 50.5 Å². The zero-order valence-electron chi connectivity index (χ0n) is 40.7. The number of aromatic amines is 2. The fourth-order valence-corrected chi connectivity index (χ4v) is 6.90. The third-order valence-electron chi connectivity index (χ3n) is 8.83. The molecule has 31 heteroatoms. The number of hydrogen-bond donors (Lipinski definition) is 3. The van der Waals surface area contributed by atoms with Gasteiger partial charge in [0.25, 0.3) is 0 Å². The van der Waals surface area contributed by atoms with Gasteiger partial charge in [-0.05, 0) is 67.8 Å². The second kappa shape index (κ2) is 31.9. The Morgan fingerprint density at radius 3 is 1.39 bits per heavy atom. The molecule has 8 heterocycles. The summed E-state index contributed by atoms with van der Waals surface area (Å²) < 4.78 is 103. The minimum Gasteiger partial charge on any atom is -0.481 e. The summed E-state index contributed by atoms with van der Waals surface area (Å²) in [4.78, 5) is 34.3. The molecule has 0 spiro atoms. The molecule has 8 aromatic heterocycles. The van der Waals surface area contributed by atoms with Crippen LogP contribution in [0.3, 0.4) is 0 Å². The number of hydrogen-bond acceptors (Lipinski definition) is 17. The number of halogens is 4. The summed E-state index contributed by atoms with van der Waals surface area (Å²) in [6, 6.07) is 3.62. The normalized spacial score (nSPS) is 10.5. The van der Waals surface area contributed by atoms with Crippen LogP contribution in [0.4, 0.5) is 23.4 Å². The average molecular weight is 1510 g/mol. The van der Waals surface area contributed by atoms with Gasteiger partial charge in [0.15, 0.2) is 0 Å². The van der Waals surface area contributed by atoms with Crippen LogP contribution < -0.4 is 23.9 Å². The van der Waals surface area contributed by atoms with Gasteiger partial charge in [-0.15, -0.1) is 0 Å². The molecule has 19 nitrogen and oxygen atoms in total. The Labute approximate surface area is 572 Å². The van der Waals surface area contributed by atoms with Crippen molar-refractivity contribution in [1.29, 1.82) is 0 Å². The number of methoxy groups -OCH3 is 2. The SMILES string of the molecule is CNC.COc1nc2c(cc1-c1c(C)noc1C)[nH]c1nc(C)nc(N(C)C)c12.COc1nc2c(cc1-c1c(C)noc1C)[nH]c1nc(C)nc(OS(=O)(=O)C(F)(F)F)c12.[2H]CF.[Y].[Y].[Y].[Y].[Y].[Y].[Y]. The third-order valence-corrected chi connectivity index (χ3v) is 9.78. The molecule has 7 radical (unpaired) electrons. The van der Waals surface area contributed by atoms with E-state index in [1.165, 1.54) is 14.0 Å². The molecule has 69 heavy (non-hydrogen) atoms. The van der Waals surface area contributed by atoms with Gasteiger partial charge in [-0.2, -0.15) is 26.6 Å². The number of H-pyrrole nitrogens is 2. The minimum absolute atomic E-state index is 0. The summed E-state index contributed by atoms with van der Waals surface area (Å²) in [7, 11) is 3.67. The van der Waals surface area contributed by atoms with E-state index in [9.17, 15) is 26.0 Å². The van der Waals surface area contributed by atoms with E-state index in [0.29, 0.717) is 39.8 Å². The molecule has 0 fully saturated rings. The summed E-state index contributed by atoms with van der Waals surface area (Å²) in [5.74, 6) is 2.55.